The Morgan fingerprint density at radius 2 is 2.29 bits per heavy atom. The zero-order valence-corrected chi connectivity index (χ0v) is 8.25. The molecule has 0 aliphatic rings. The molecule has 0 heterocycles. The molecule has 0 radical (unpaired) electrons. The van der Waals surface area contributed by atoms with Crippen LogP contribution in [0.15, 0.2) is 18.2 Å². The molecule has 0 aromatic heterocycles. The van der Waals surface area contributed by atoms with Crippen LogP contribution in [0.2, 0.25) is 0 Å². The Morgan fingerprint density at radius 3 is 2.79 bits per heavy atom. The van der Waals surface area contributed by atoms with Gasteiger partial charge in [0.1, 0.15) is 11.9 Å². The second-order valence-electron chi connectivity index (χ2n) is 3.13. The number of aryl methyl sites for hydroxylation is 1. The molecule has 0 fully saturated rings. The highest BCUT2D eigenvalue weighted by atomic mass is 19.1. The number of hydrogen-bond donors (Lipinski definition) is 0. The van der Waals surface area contributed by atoms with Gasteiger partial charge >= 0.3 is 0 Å². The molecule has 0 saturated heterocycles. The van der Waals surface area contributed by atoms with E-state index in [1.807, 2.05) is 19.9 Å². The van der Waals surface area contributed by atoms with Gasteiger partial charge in [-0.3, -0.25) is 0 Å². The third-order valence-electron chi connectivity index (χ3n) is 2.07. The van der Waals surface area contributed by atoms with E-state index in [2.05, 4.69) is 0 Å². The summed E-state index contributed by atoms with van der Waals surface area (Å²) >= 11 is 0. The summed E-state index contributed by atoms with van der Waals surface area (Å²) in [4.78, 5) is 0. The lowest BCUT2D eigenvalue weighted by molar-refractivity contribution is 0.155. The number of rotatable bonds is 3. The highest BCUT2D eigenvalue weighted by molar-refractivity contribution is 5.25. The molecular formula is C11H12FNO. The first-order chi connectivity index (χ1) is 6.69. The van der Waals surface area contributed by atoms with Gasteiger partial charge in [-0.05, 0) is 25.0 Å². The second-order valence-corrected chi connectivity index (χ2v) is 3.13. The maximum Gasteiger partial charge on any atom is 0.286 e. The first kappa shape index (κ1) is 10.5. The average molecular weight is 193 g/mol. The SMILES string of the molecule is CC[C@@H](OC#N)c1ccc(C)cc1F. The number of nitrogens with zero attached hydrogens (tertiary/aromatic N) is 1. The molecule has 2 nitrogen and oxygen atoms in total. The quantitative estimate of drug-likeness (QED) is 0.691. The largest absolute Gasteiger partial charge is 0.419 e. The van der Waals surface area contributed by atoms with Crippen LogP contribution in [0.4, 0.5) is 4.39 Å². The number of ether oxygens (including phenoxy) is 1. The van der Waals surface area contributed by atoms with Crippen LogP contribution in [0.25, 0.3) is 0 Å². The normalized spacial score (nSPS) is 11.9. The van der Waals surface area contributed by atoms with Crippen LogP contribution in [0.3, 0.4) is 0 Å². The number of nitriles is 1. The fourth-order valence-corrected chi connectivity index (χ4v) is 1.32. The van der Waals surface area contributed by atoms with Crippen molar-refractivity contribution in [1.82, 2.24) is 0 Å². The van der Waals surface area contributed by atoms with Gasteiger partial charge in [0.05, 0.1) is 0 Å². The molecule has 0 bridgehead atoms. The third kappa shape index (κ3) is 2.23. The van der Waals surface area contributed by atoms with E-state index in [9.17, 15) is 4.39 Å². The lowest BCUT2D eigenvalue weighted by Gasteiger charge is -2.12. The van der Waals surface area contributed by atoms with Crippen LogP contribution in [0.5, 0.6) is 0 Å². The molecule has 1 aromatic rings. The van der Waals surface area contributed by atoms with Crippen molar-refractivity contribution >= 4 is 0 Å². The van der Waals surface area contributed by atoms with Gasteiger partial charge in [-0.25, -0.2) is 4.39 Å². The summed E-state index contributed by atoms with van der Waals surface area (Å²) in [5.41, 5.74) is 1.30. The topological polar surface area (TPSA) is 33.0 Å². The average Bonchev–Trinajstić information content (AvgIpc) is 2.15. The molecule has 3 heteroatoms. The summed E-state index contributed by atoms with van der Waals surface area (Å²) in [5, 5.41) is 8.38. The maximum absolute atomic E-state index is 13.4. The predicted octanol–water partition coefficient (Wildman–Crippen LogP) is 3.08. The fourth-order valence-electron chi connectivity index (χ4n) is 1.32. The molecule has 1 rings (SSSR count). The summed E-state index contributed by atoms with van der Waals surface area (Å²) in [6, 6.07) is 4.91. The van der Waals surface area contributed by atoms with Gasteiger partial charge in [-0.1, -0.05) is 19.1 Å². The molecule has 0 aliphatic carbocycles. The number of benzene rings is 1. The molecule has 1 atom stereocenters. The number of halogens is 1. The van der Waals surface area contributed by atoms with E-state index in [0.717, 1.165) is 5.56 Å². The summed E-state index contributed by atoms with van der Waals surface area (Å²) in [6.45, 7) is 3.67. The van der Waals surface area contributed by atoms with Crippen LogP contribution in [-0.4, -0.2) is 0 Å². The highest BCUT2D eigenvalue weighted by Crippen LogP contribution is 2.23. The Labute approximate surface area is 82.9 Å². The summed E-state index contributed by atoms with van der Waals surface area (Å²) in [6.07, 6.45) is 1.70. The van der Waals surface area contributed by atoms with E-state index in [0.29, 0.717) is 12.0 Å². The van der Waals surface area contributed by atoms with Crippen LogP contribution in [-0.2, 0) is 4.74 Å². The second kappa shape index (κ2) is 4.61. The van der Waals surface area contributed by atoms with Gasteiger partial charge in [0.25, 0.3) is 6.26 Å². The number of hydrogen-bond acceptors (Lipinski definition) is 2. The minimum atomic E-state index is -0.472. The zero-order valence-electron chi connectivity index (χ0n) is 8.25. The lowest BCUT2D eigenvalue weighted by Crippen LogP contribution is -2.02. The van der Waals surface area contributed by atoms with Crippen molar-refractivity contribution in [2.45, 2.75) is 26.4 Å². The molecule has 14 heavy (non-hydrogen) atoms. The first-order valence-corrected chi connectivity index (χ1v) is 4.49. The molecule has 74 valence electrons. The molecule has 0 aliphatic heterocycles. The molecule has 0 N–H and O–H groups in total. The summed E-state index contributed by atoms with van der Waals surface area (Å²) in [7, 11) is 0. The smallest absolute Gasteiger partial charge is 0.286 e. The highest BCUT2D eigenvalue weighted by Gasteiger charge is 2.14. The Kier molecular flexibility index (Phi) is 3.47. The Bertz CT molecular complexity index is 357. The molecule has 1 aromatic carbocycles. The van der Waals surface area contributed by atoms with Crippen molar-refractivity contribution in [2.24, 2.45) is 0 Å². The zero-order chi connectivity index (χ0) is 10.6. The van der Waals surface area contributed by atoms with E-state index in [1.54, 1.807) is 12.3 Å². The van der Waals surface area contributed by atoms with Gasteiger partial charge in [-0.15, -0.1) is 0 Å². The standard InChI is InChI=1S/C11H12FNO/c1-3-11(14-7-13)9-5-4-8(2)6-10(9)12/h4-6,11H,3H2,1-2H3/t11-/m1/s1. The van der Waals surface area contributed by atoms with Gasteiger partial charge in [0, 0.05) is 5.56 Å². The first-order valence-electron chi connectivity index (χ1n) is 4.49. The minimum Gasteiger partial charge on any atom is -0.419 e. The molecule has 0 spiro atoms. The van der Waals surface area contributed by atoms with E-state index < -0.39 is 6.10 Å². The predicted molar refractivity (Wildman–Crippen MR) is 50.9 cm³/mol. The molecule has 0 amide bonds. The maximum atomic E-state index is 13.4. The van der Waals surface area contributed by atoms with E-state index in [-0.39, 0.29) is 5.82 Å². The van der Waals surface area contributed by atoms with E-state index >= 15 is 0 Å². The Balaban J connectivity index is 2.99. The molecule has 0 unspecified atom stereocenters. The summed E-state index contributed by atoms with van der Waals surface area (Å²) < 4.78 is 18.2. The van der Waals surface area contributed by atoms with Crippen LogP contribution in [0.1, 0.15) is 30.6 Å². The van der Waals surface area contributed by atoms with Crippen LogP contribution < -0.4 is 0 Å². The van der Waals surface area contributed by atoms with Crippen molar-refractivity contribution in [3.63, 3.8) is 0 Å². The van der Waals surface area contributed by atoms with Crippen LogP contribution in [0, 0.1) is 24.3 Å². The van der Waals surface area contributed by atoms with E-state index in [4.69, 9.17) is 10.00 Å². The third-order valence-corrected chi connectivity index (χ3v) is 2.07. The Hall–Kier alpha value is -1.56. The lowest BCUT2D eigenvalue weighted by atomic mass is 10.0. The van der Waals surface area contributed by atoms with Gasteiger partial charge in [-0.2, -0.15) is 5.26 Å². The van der Waals surface area contributed by atoms with Crippen molar-refractivity contribution < 1.29 is 9.13 Å². The van der Waals surface area contributed by atoms with Gasteiger partial charge < -0.3 is 4.74 Å². The minimum absolute atomic E-state index is 0.313. The van der Waals surface area contributed by atoms with Crippen molar-refractivity contribution in [3.8, 4) is 6.26 Å². The Morgan fingerprint density at radius 1 is 1.57 bits per heavy atom. The summed E-state index contributed by atoms with van der Waals surface area (Å²) in [5.74, 6) is -0.313. The van der Waals surface area contributed by atoms with Crippen molar-refractivity contribution in [1.29, 1.82) is 5.26 Å². The monoisotopic (exact) mass is 193 g/mol. The van der Waals surface area contributed by atoms with Crippen LogP contribution >= 0.6 is 0 Å². The van der Waals surface area contributed by atoms with Crippen molar-refractivity contribution in [3.05, 3.63) is 35.1 Å². The van der Waals surface area contributed by atoms with Gasteiger partial charge in [0.15, 0.2) is 0 Å². The van der Waals surface area contributed by atoms with E-state index in [1.165, 1.54) is 6.07 Å². The fraction of sp³-hybridized carbons (Fsp3) is 0.364. The molecule has 0 saturated carbocycles. The van der Waals surface area contributed by atoms with Crippen molar-refractivity contribution in [2.75, 3.05) is 0 Å². The van der Waals surface area contributed by atoms with Gasteiger partial charge in [0.2, 0.25) is 0 Å². The molecular weight excluding hydrogens is 181 g/mol.